The van der Waals surface area contributed by atoms with Gasteiger partial charge >= 0.3 is 5.97 Å². The van der Waals surface area contributed by atoms with Crippen molar-refractivity contribution in [2.45, 2.75) is 26.4 Å². The number of rotatable bonds is 8. The second-order valence-corrected chi connectivity index (χ2v) is 7.35. The summed E-state index contributed by atoms with van der Waals surface area (Å²) in [6.45, 7) is 4.50. The molecule has 5 nitrogen and oxygen atoms in total. The van der Waals surface area contributed by atoms with E-state index in [0.29, 0.717) is 24.7 Å². The molecule has 0 saturated carbocycles. The summed E-state index contributed by atoms with van der Waals surface area (Å²) in [5, 5.41) is 12.7. The van der Waals surface area contributed by atoms with E-state index in [9.17, 15) is 14.7 Å². The Kier molecular flexibility index (Phi) is 6.99. The van der Waals surface area contributed by atoms with Crippen molar-refractivity contribution in [2.75, 3.05) is 13.1 Å². The number of thiophene rings is 1. The highest BCUT2D eigenvalue weighted by Crippen LogP contribution is 2.30. The van der Waals surface area contributed by atoms with E-state index < -0.39 is 12.0 Å². The minimum atomic E-state index is -0.880. The van der Waals surface area contributed by atoms with E-state index in [1.165, 1.54) is 6.92 Å². The largest absolute Gasteiger partial charge is 0.480 e. The summed E-state index contributed by atoms with van der Waals surface area (Å²) in [5.74, 6) is -1.00. The summed E-state index contributed by atoms with van der Waals surface area (Å²) >= 11 is 7.65. The van der Waals surface area contributed by atoms with E-state index >= 15 is 0 Å². The Labute approximate surface area is 156 Å². The lowest BCUT2D eigenvalue weighted by molar-refractivity contribution is -0.142. The van der Waals surface area contributed by atoms with Crippen LogP contribution in [-0.2, 0) is 16.1 Å². The first-order valence-electron chi connectivity index (χ1n) is 7.92. The van der Waals surface area contributed by atoms with E-state index in [2.05, 4.69) is 5.32 Å². The zero-order valence-electron chi connectivity index (χ0n) is 14.2. The third-order valence-corrected chi connectivity index (χ3v) is 5.16. The van der Waals surface area contributed by atoms with Crippen LogP contribution in [0.5, 0.6) is 0 Å². The van der Waals surface area contributed by atoms with Crippen molar-refractivity contribution in [1.82, 2.24) is 10.2 Å². The number of amides is 1. The summed E-state index contributed by atoms with van der Waals surface area (Å²) < 4.78 is 0. The average Bonchev–Trinajstić information content (AvgIpc) is 3.01. The number of aliphatic carboxylic acids is 1. The number of carbonyl (C=O) groups excluding carboxylic acids is 1. The van der Waals surface area contributed by atoms with Crippen LogP contribution in [0.15, 0.2) is 36.4 Å². The minimum absolute atomic E-state index is 0.123. The van der Waals surface area contributed by atoms with Gasteiger partial charge in [0.05, 0.1) is 0 Å². The molecule has 2 aromatic rings. The lowest BCUT2D eigenvalue weighted by Crippen LogP contribution is -2.42. The highest BCUT2D eigenvalue weighted by Gasteiger charge is 2.21. The van der Waals surface area contributed by atoms with E-state index in [1.54, 1.807) is 18.3 Å². The van der Waals surface area contributed by atoms with Gasteiger partial charge in [-0.1, -0.05) is 23.7 Å². The second kappa shape index (κ2) is 8.99. The van der Waals surface area contributed by atoms with Gasteiger partial charge < -0.3 is 10.4 Å². The highest BCUT2D eigenvalue weighted by molar-refractivity contribution is 7.15. The number of nitrogens with one attached hydrogen (secondary N) is 1. The van der Waals surface area contributed by atoms with E-state index in [1.807, 2.05) is 41.3 Å². The molecule has 25 heavy (non-hydrogen) atoms. The summed E-state index contributed by atoms with van der Waals surface area (Å²) in [5.41, 5.74) is 1.04. The first-order valence-corrected chi connectivity index (χ1v) is 9.12. The molecule has 134 valence electrons. The van der Waals surface area contributed by atoms with Crippen LogP contribution in [0.4, 0.5) is 0 Å². The van der Waals surface area contributed by atoms with Crippen LogP contribution in [0.3, 0.4) is 0 Å². The van der Waals surface area contributed by atoms with Gasteiger partial charge in [-0.2, -0.15) is 0 Å². The summed E-state index contributed by atoms with van der Waals surface area (Å²) in [6, 6.07) is 11.0. The first-order chi connectivity index (χ1) is 11.9. The number of benzene rings is 1. The molecule has 2 rings (SSSR count). The van der Waals surface area contributed by atoms with E-state index in [4.69, 9.17) is 11.6 Å². The van der Waals surface area contributed by atoms with Gasteiger partial charge in [0.2, 0.25) is 5.91 Å². The highest BCUT2D eigenvalue weighted by atomic mass is 35.5. The fourth-order valence-electron chi connectivity index (χ4n) is 2.40. The Balaban J connectivity index is 2.10. The molecule has 0 aliphatic carbocycles. The Morgan fingerprint density at radius 1 is 1.32 bits per heavy atom. The topological polar surface area (TPSA) is 69.6 Å². The zero-order chi connectivity index (χ0) is 18.4. The number of hydrogen-bond acceptors (Lipinski definition) is 4. The Hall–Kier alpha value is -1.89. The molecule has 0 spiro atoms. The lowest BCUT2D eigenvalue weighted by atomic mass is 10.2. The quantitative estimate of drug-likeness (QED) is 0.735. The van der Waals surface area contributed by atoms with Crippen molar-refractivity contribution in [3.8, 4) is 10.4 Å². The molecule has 7 heteroatoms. The molecule has 1 aromatic heterocycles. The number of carboxylic acid groups (broad SMARTS) is 1. The number of halogens is 1. The average molecular weight is 381 g/mol. The third-order valence-electron chi connectivity index (χ3n) is 3.81. The van der Waals surface area contributed by atoms with Crippen molar-refractivity contribution in [1.29, 1.82) is 0 Å². The van der Waals surface area contributed by atoms with Gasteiger partial charge in [0.15, 0.2) is 0 Å². The van der Waals surface area contributed by atoms with E-state index in [0.717, 1.165) is 15.3 Å². The van der Waals surface area contributed by atoms with Crippen LogP contribution in [0.2, 0.25) is 5.02 Å². The lowest BCUT2D eigenvalue weighted by Gasteiger charge is -2.25. The fraction of sp³-hybridized carbons (Fsp3) is 0.333. The van der Waals surface area contributed by atoms with E-state index in [-0.39, 0.29) is 5.91 Å². The molecule has 0 radical (unpaired) electrons. The Bertz CT molecular complexity index is 747. The maximum Gasteiger partial charge on any atom is 0.320 e. The molecule has 1 aromatic carbocycles. The van der Waals surface area contributed by atoms with Crippen molar-refractivity contribution < 1.29 is 14.7 Å². The SMILES string of the molecule is CC(=O)NCCN(Cc1ccc(-c2cccc(Cl)c2)s1)C(C)C(=O)O. The van der Waals surface area contributed by atoms with Crippen LogP contribution >= 0.6 is 22.9 Å². The summed E-state index contributed by atoms with van der Waals surface area (Å²) in [7, 11) is 0. The van der Waals surface area contributed by atoms with Crippen molar-refractivity contribution in [3.63, 3.8) is 0 Å². The second-order valence-electron chi connectivity index (χ2n) is 5.74. The predicted molar refractivity (Wildman–Crippen MR) is 101 cm³/mol. The normalized spacial score (nSPS) is 12.2. The molecule has 0 bridgehead atoms. The zero-order valence-corrected chi connectivity index (χ0v) is 15.7. The van der Waals surface area contributed by atoms with Crippen molar-refractivity contribution >= 4 is 34.8 Å². The Morgan fingerprint density at radius 3 is 2.72 bits per heavy atom. The van der Waals surface area contributed by atoms with Gasteiger partial charge in [-0.05, 0) is 36.8 Å². The van der Waals surface area contributed by atoms with Crippen LogP contribution in [0.1, 0.15) is 18.7 Å². The third kappa shape index (κ3) is 5.85. The first kappa shape index (κ1) is 19.4. The smallest absolute Gasteiger partial charge is 0.320 e. The molecule has 1 unspecified atom stereocenters. The molecule has 0 aliphatic heterocycles. The van der Waals surface area contributed by atoms with Gasteiger partial charge in [-0.3, -0.25) is 14.5 Å². The van der Waals surface area contributed by atoms with Crippen molar-refractivity contribution in [2.24, 2.45) is 0 Å². The number of hydrogen-bond donors (Lipinski definition) is 2. The number of carbonyl (C=O) groups is 2. The molecule has 2 N–H and O–H groups in total. The van der Waals surface area contributed by atoms with Crippen LogP contribution < -0.4 is 5.32 Å². The summed E-state index contributed by atoms with van der Waals surface area (Å²) in [4.78, 5) is 26.4. The molecule has 1 heterocycles. The van der Waals surface area contributed by atoms with Gasteiger partial charge in [-0.15, -0.1) is 11.3 Å². The van der Waals surface area contributed by atoms with Crippen LogP contribution in [-0.4, -0.2) is 41.0 Å². The van der Waals surface area contributed by atoms with Crippen LogP contribution in [0, 0.1) is 0 Å². The Morgan fingerprint density at radius 2 is 2.08 bits per heavy atom. The molecule has 0 fully saturated rings. The maximum atomic E-state index is 11.4. The number of carboxylic acids is 1. The van der Waals surface area contributed by atoms with Gasteiger partial charge in [-0.25, -0.2) is 0 Å². The van der Waals surface area contributed by atoms with Gasteiger partial charge in [0, 0.05) is 41.3 Å². The van der Waals surface area contributed by atoms with Gasteiger partial charge in [0.25, 0.3) is 0 Å². The van der Waals surface area contributed by atoms with Crippen molar-refractivity contribution in [3.05, 3.63) is 46.3 Å². The monoisotopic (exact) mass is 380 g/mol. The fourth-order valence-corrected chi connectivity index (χ4v) is 3.62. The van der Waals surface area contributed by atoms with Gasteiger partial charge in [0.1, 0.15) is 6.04 Å². The molecular formula is C18H21ClN2O3S. The molecular weight excluding hydrogens is 360 g/mol. The molecule has 1 amide bonds. The summed E-state index contributed by atoms with van der Waals surface area (Å²) in [6.07, 6.45) is 0. The minimum Gasteiger partial charge on any atom is -0.480 e. The standard InChI is InChI=1S/C18H21ClN2O3S/c1-12(18(23)24)21(9-8-20-13(2)22)11-16-6-7-17(25-16)14-4-3-5-15(19)10-14/h3-7,10,12H,8-9,11H2,1-2H3,(H,20,22)(H,23,24). The molecule has 0 aliphatic rings. The molecule has 0 saturated heterocycles. The maximum absolute atomic E-state index is 11.4. The van der Waals surface area contributed by atoms with Crippen LogP contribution in [0.25, 0.3) is 10.4 Å². The molecule has 1 atom stereocenters. The predicted octanol–water partition coefficient (Wildman–Crippen LogP) is 3.48. The number of nitrogens with zero attached hydrogens (tertiary/aromatic N) is 1.